The Bertz CT molecular complexity index is 653. The van der Waals surface area contributed by atoms with Crippen LogP contribution in [0.2, 0.25) is 0 Å². The number of methoxy groups -OCH3 is 1. The van der Waals surface area contributed by atoms with E-state index in [0.717, 1.165) is 31.1 Å². The Kier molecular flexibility index (Phi) is 6.51. The van der Waals surface area contributed by atoms with Gasteiger partial charge in [-0.05, 0) is 11.4 Å². The monoisotopic (exact) mass is 365 g/mol. The first kappa shape index (κ1) is 18.0. The number of rotatable bonds is 8. The molecule has 1 N–H and O–H groups in total. The van der Waals surface area contributed by atoms with Gasteiger partial charge in [-0.15, -0.1) is 11.3 Å². The van der Waals surface area contributed by atoms with Gasteiger partial charge in [0.1, 0.15) is 0 Å². The van der Waals surface area contributed by atoms with Crippen molar-refractivity contribution in [3.63, 3.8) is 0 Å². The van der Waals surface area contributed by atoms with Gasteiger partial charge in [0.25, 0.3) is 0 Å². The second kappa shape index (κ2) is 9.04. The molecule has 8 nitrogen and oxygen atoms in total. The van der Waals surface area contributed by atoms with Crippen LogP contribution in [-0.4, -0.2) is 78.8 Å². The van der Waals surface area contributed by atoms with Crippen molar-refractivity contribution in [3.8, 4) is 10.7 Å². The Hall–Kier alpha value is -1.81. The van der Waals surface area contributed by atoms with Crippen LogP contribution in [-0.2, 0) is 16.1 Å². The molecule has 9 heteroatoms. The number of nitrogens with one attached hydrogen (secondary N) is 1. The maximum absolute atomic E-state index is 11.8. The number of carbonyl (C=O) groups is 1. The minimum atomic E-state index is 0.0444. The molecule has 0 unspecified atom stereocenters. The lowest BCUT2D eigenvalue weighted by atomic mass is 10.3. The van der Waals surface area contributed by atoms with Crippen molar-refractivity contribution in [1.82, 2.24) is 25.3 Å². The van der Waals surface area contributed by atoms with Crippen LogP contribution in [0.15, 0.2) is 22.0 Å². The van der Waals surface area contributed by atoms with Gasteiger partial charge in [-0.1, -0.05) is 11.2 Å². The number of nitrogens with zero attached hydrogens (tertiary/aromatic N) is 4. The van der Waals surface area contributed by atoms with Crippen LogP contribution in [0.4, 0.5) is 0 Å². The zero-order chi connectivity index (χ0) is 17.5. The van der Waals surface area contributed by atoms with Gasteiger partial charge >= 0.3 is 0 Å². The molecular formula is C16H23N5O3S. The molecule has 0 aromatic carbocycles. The van der Waals surface area contributed by atoms with E-state index in [2.05, 4.69) is 25.3 Å². The molecule has 0 radical (unpaired) electrons. The largest absolute Gasteiger partial charge is 0.383 e. The molecule has 0 saturated carbocycles. The molecule has 0 aliphatic carbocycles. The molecule has 1 amide bonds. The molecule has 1 fully saturated rings. The first-order chi connectivity index (χ1) is 12.2. The van der Waals surface area contributed by atoms with Gasteiger partial charge in [0.05, 0.1) is 24.6 Å². The first-order valence-electron chi connectivity index (χ1n) is 8.31. The third kappa shape index (κ3) is 5.33. The highest BCUT2D eigenvalue weighted by Gasteiger charge is 2.21. The summed E-state index contributed by atoms with van der Waals surface area (Å²) >= 11 is 1.60. The lowest BCUT2D eigenvalue weighted by molar-refractivity contribution is -0.122. The highest BCUT2D eigenvalue weighted by atomic mass is 32.1. The maximum Gasteiger partial charge on any atom is 0.241 e. The van der Waals surface area contributed by atoms with Crippen LogP contribution in [0.1, 0.15) is 5.89 Å². The van der Waals surface area contributed by atoms with Crippen molar-refractivity contribution in [1.29, 1.82) is 0 Å². The number of amides is 1. The summed E-state index contributed by atoms with van der Waals surface area (Å²) in [7, 11) is 1.62. The smallest absolute Gasteiger partial charge is 0.241 e. The number of aromatic nitrogens is 2. The molecular weight excluding hydrogens is 342 g/mol. The van der Waals surface area contributed by atoms with Crippen molar-refractivity contribution in [2.24, 2.45) is 0 Å². The fourth-order valence-corrected chi connectivity index (χ4v) is 3.32. The number of hydrogen-bond donors (Lipinski definition) is 1. The van der Waals surface area contributed by atoms with Crippen LogP contribution < -0.4 is 5.32 Å². The van der Waals surface area contributed by atoms with Crippen molar-refractivity contribution < 1.29 is 14.1 Å². The Balaban J connectivity index is 1.40. The van der Waals surface area contributed by atoms with E-state index in [4.69, 9.17) is 9.26 Å². The van der Waals surface area contributed by atoms with E-state index >= 15 is 0 Å². The van der Waals surface area contributed by atoms with Gasteiger partial charge in [0, 0.05) is 39.8 Å². The van der Waals surface area contributed by atoms with Crippen LogP contribution >= 0.6 is 11.3 Å². The topological polar surface area (TPSA) is 83.7 Å². The SMILES string of the molecule is COCCNC(=O)CN1CCN(Cc2nc(-c3cccs3)no2)CC1. The lowest BCUT2D eigenvalue weighted by Crippen LogP contribution is -2.49. The third-order valence-electron chi connectivity index (χ3n) is 4.03. The molecule has 1 aliphatic rings. The zero-order valence-electron chi connectivity index (χ0n) is 14.3. The number of hydrogen-bond acceptors (Lipinski definition) is 8. The minimum absolute atomic E-state index is 0.0444. The summed E-state index contributed by atoms with van der Waals surface area (Å²) < 4.78 is 10.3. The molecule has 3 heterocycles. The van der Waals surface area contributed by atoms with Crippen molar-refractivity contribution in [3.05, 3.63) is 23.4 Å². The average molecular weight is 365 g/mol. The van der Waals surface area contributed by atoms with E-state index in [9.17, 15) is 4.79 Å². The summed E-state index contributed by atoms with van der Waals surface area (Å²) in [6.07, 6.45) is 0. The molecule has 2 aromatic heterocycles. The van der Waals surface area contributed by atoms with Gasteiger partial charge in [-0.25, -0.2) is 0 Å². The van der Waals surface area contributed by atoms with E-state index in [-0.39, 0.29) is 5.91 Å². The zero-order valence-corrected chi connectivity index (χ0v) is 15.1. The second-order valence-corrected chi connectivity index (χ2v) is 6.83. The van der Waals surface area contributed by atoms with E-state index in [1.807, 2.05) is 17.5 Å². The third-order valence-corrected chi connectivity index (χ3v) is 4.89. The van der Waals surface area contributed by atoms with E-state index in [1.165, 1.54) is 0 Å². The molecule has 2 aromatic rings. The molecule has 0 spiro atoms. The molecule has 1 saturated heterocycles. The predicted octanol–water partition coefficient (Wildman–Crippen LogP) is 0.678. The summed E-state index contributed by atoms with van der Waals surface area (Å²) in [5, 5.41) is 8.88. The normalized spacial score (nSPS) is 16.2. The van der Waals surface area contributed by atoms with Gasteiger partial charge < -0.3 is 14.6 Å². The quantitative estimate of drug-likeness (QED) is 0.689. The van der Waals surface area contributed by atoms with Crippen molar-refractivity contribution in [2.75, 3.05) is 53.0 Å². The number of piperazine rings is 1. The molecule has 1 aliphatic heterocycles. The average Bonchev–Trinajstić information content (AvgIpc) is 3.28. The van der Waals surface area contributed by atoms with E-state index in [0.29, 0.717) is 38.0 Å². The number of thiophene rings is 1. The van der Waals surface area contributed by atoms with E-state index < -0.39 is 0 Å². The fourth-order valence-electron chi connectivity index (χ4n) is 2.67. The first-order valence-corrected chi connectivity index (χ1v) is 9.19. The van der Waals surface area contributed by atoms with Gasteiger partial charge in [-0.2, -0.15) is 4.98 Å². The second-order valence-electron chi connectivity index (χ2n) is 5.88. The number of ether oxygens (including phenoxy) is 1. The van der Waals surface area contributed by atoms with Crippen molar-refractivity contribution in [2.45, 2.75) is 6.54 Å². The van der Waals surface area contributed by atoms with Crippen LogP contribution in [0.5, 0.6) is 0 Å². The summed E-state index contributed by atoms with van der Waals surface area (Å²) in [4.78, 5) is 21.7. The molecule has 25 heavy (non-hydrogen) atoms. The summed E-state index contributed by atoms with van der Waals surface area (Å²) in [5.41, 5.74) is 0. The van der Waals surface area contributed by atoms with Gasteiger partial charge in [0.15, 0.2) is 0 Å². The molecule has 3 rings (SSSR count). The Morgan fingerprint density at radius 3 is 2.88 bits per heavy atom. The minimum Gasteiger partial charge on any atom is -0.383 e. The Morgan fingerprint density at radius 1 is 1.36 bits per heavy atom. The lowest BCUT2D eigenvalue weighted by Gasteiger charge is -2.33. The van der Waals surface area contributed by atoms with Gasteiger partial charge in [-0.3, -0.25) is 14.6 Å². The fraction of sp³-hybridized carbons (Fsp3) is 0.562. The highest BCUT2D eigenvalue weighted by molar-refractivity contribution is 7.13. The van der Waals surface area contributed by atoms with Gasteiger partial charge in [0.2, 0.25) is 17.6 Å². The standard InChI is InChI=1S/C16H23N5O3S/c1-23-9-4-17-14(22)11-20-5-7-21(8-6-20)12-15-18-16(19-24-15)13-3-2-10-25-13/h2-3,10H,4-9,11-12H2,1H3,(H,17,22). The summed E-state index contributed by atoms with van der Waals surface area (Å²) in [6.45, 7) is 5.63. The van der Waals surface area contributed by atoms with Crippen LogP contribution in [0.3, 0.4) is 0 Å². The van der Waals surface area contributed by atoms with Crippen LogP contribution in [0, 0.1) is 0 Å². The summed E-state index contributed by atoms with van der Waals surface area (Å²) in [6, 6.07) is 3.95. The van der Waals surface area contributed by atoms with E-state index in [1.54, 1.807) is 18.4 Å². The molecule has 0 bridgehead atoms. The van der Waals surface area contributed by atoms with Crippen LogP contribution in [0.25, 0.3) is 10.7 Å². The predicted molar refractivity (Wildman–Crippen MR) is 94.2 cm³/mol. The Morgan fingerprint density at radius 2 is 2.16 bits per heavy atom. The maximum atomic E-state index is 11.8. The highest BCUT2D eigenvalue weighted by Crippen LogP contribution is 2.21. The Labute approximate surface area is 150 Å². The molecule has 0 atom stereocenters. The molecule has 136 valence electrons. The van der Waals surface area contributed by atoms with Crippen molar-refractivity contribution >= 4 is 17.2 Å². The number of carbonyl (C=O) groups excluding carboxylic acids is 1. The summed E-state index contributed by atoms with van der Waals surface area (Å²) in [5.74, 6) is 1.33.